The number of carbonyl (C=O) groups is 1. The van der Waals surface area contributed by atoms with Gasteiger partial charge < -0.3 is 5.11 Å². The van der Waals surface area contributed by atoms with Crippen LogP contribution in [0.1, 0.15) is 19.8 Å². The highest BCUT2D eigenvalue weighted by atomic mass is 16.4. The van der Waals surface area contributed by atoms with E-state index in [0.717, 1.165) is 12.8 Å². The predicted molar refractivity (Wildman–Crippen MR) is 47.3 cm³/mol. The van der Waals surface area contributed by atoms with Crippen molar-refractivity contribution >= 4 is 27.4 Å². The van der Waals surface area contributed by atoms with Crippen molar-refractivity contribution < 1.29 is 9.90 Å². The van der Waals surface area contributed by atoms with Crippen LogP contribution in [0.3, 0.4) is 0 Å². The van der Waals surface area contributed by atoms with Crippen LogP contribution in [0.5, 0.6) is 0 Å². The van der Waals surface area contributed by atoms with E-state index in [-0.39, 0.29) is 12.4 Å². The summed E-state index contributed by atoms with van der Waals surface area (Å²) < 4.78 is 0. The first-order valence-electron chi connectivity index (χ1n) is 3.94. The van der Waals surface area contributed by atoms with Gasteiger partial charge in [-0.2, -0.15) is 0 Å². The Hall–Kier alpha value is -0.335. The van der Waals surface area contributed by atoms with Gasteiger partial charge in [-0.1, -0.05) is 19.2 Å². The first-order chi connectivity index (χ1) is 5.16. The van der Waals surface area contributed by atoms with Gasteiger partial charge in [0.1, 0.15) is 6.60 Å². The summed E-state index contributed by atoms with van der Waals surface area (Å²) in [7, 11) is 6.90. The minimum absolute atomic E-state index is 0.0764. The average Bonchev–Trinajstić information content (AvgIpc) is 2.30. The zero-order chi connectivity index (χ0) is 8.43. The molecule has 2 nitrogen and oxygen atoms in total. The SMILES string of the molecule is [B][B]B1C(C)CC[C@H]1C(=O)O. The van der Waals surface area contributed by atoms with Crippen LogP contribution < -0.4 is 0 Å². The molecule has 1 unspecified atom stereocenters. The quantitative estimate of drug-likeness (QED) is 0.573. The molecule has 0 saturated carbocycles. The third-order valence-electron chi connectivity index (χ3n) is 2.59. The molecule has 0 aromatic heterocycles. The molecule has 1 saturated heterocycles. The zero-order valence-corrected chi connectivity index (χ0v) is 6.66. The van der Waals surface area contributed by atoms with Crippen molar-refractivity contribution in [2.45, 2.75) is 31.4 Å². The topological polar surface area (TPSA) is 37.3 Å². The van der Waals surface area contributed by atoms with Crippen LogP contribution in [0.25, 0.3) is 0 Å². The van der Waals surface area contributed by atoms with Gasteiger partial charge in [-0.15, -0.1) is 0 Å². The van der Waals surface area contributed by atoms with Crippen molar-refractivity contribution in [2.75, 3.05) is 0 Å². The summed E-state index contributed by atoms with van der Waals surface area (Å²) in [6.07, 6.45) is 1.75. The van der Waals surface area contributed by atoms with E-state index >= 15 is 0 Å². The summed E-state index contributed by atoms with van der Waals surface area (Å²) in [6, 6.07) is 0. The van der Waals surface area contributed by atoms with Gasteiger partial charge in [0.15, 0.2) is 0 Å². The van der Waals surface area contributed by atoms with Crippen molar-refractivity contribution in [3.63, 3.8) is 0 Å². The van der Waals surface area contributed by atoms with Gasteiger partial charge in [0.25, 0.3) is 5.97 Å². The standard InChI is InChI=1S/C6H10B3O2/c1-4-2-3-5(6(10)11)9(4)8-7/h4-5H,2-3H2,1H3,(H,10,11)/t4?,5-/m0/s1. The Kier molecular flexibility index (Phi) is 2.69. The van der Waals surface area contributed by atoms with Gasteiger partial charge in [-0.3, -0.25) is 4.79 Å². The molecular formula is C6H10B3O2. The van der Waals surface area contributed by atoms with Crippen LogP contribution in [0, 0.1) is 0 Å². The maximum atomic E-state index is 10.6. The van der Waals surface area contributed by atoms with E-state index in [0.29, 0.717) is 5.82 Å². The maximum absolute atomic E-state index is 10.6. The van der Waals surface area contributed by atoms with Crippen LogP contribution in [-0.4, -0.2) is 32.5 Å². The van der Waals surface area contributed by atoms with Crippen molar-refractivity contribution in [3.05, 3.63) is 0 Å². The third-order valence-corrected chi connectivity index (χ3v) is 2.59. The summed E-state index contributed by atoms with van der Waals surface area (Å²) in [5.41, 5.74) is 0. The summed E-state index contributed by atoms with van der Waals surface area (Å²) in [5, 5.41) is 8.76. The fraction of sp³-hybridized carbons (Fsp3) is 0.833. The molecule has 0 aromatic rings. The molecule has 1 N–H and O–H groups in total. The fourth-order valence-electron chi connectivity index (χ4n) is 1.84. The number of hydrogen-bond acceptors (Lipinski definition) is 1. The van der Waals surface area contributed by atoms with Crippen LogP contribution >= 0.6 is 0 Å². The van der Waals surface area contributed by atoms with E-state index in [4.69, 9.17) is 12.8 Å². The number of aliphatic carboxylic acids is 1. The molecule has 0 aliphatic carbocycles. The van der Waals surface area contributed by atoms with Crippen LogP contribution in [0.4, 0.5) is 0 Å². The van der Waals surface area contributed by atoms with Crippen molar-refractivity contribution in [2.24, 2.45) is 0 Å². The van der Waals surface area contributed by atoms with E-state index in [1.54, 1.807) is 0 Å². The Labute approximate surface area is 69.4 Å². The second kappa shape index (κ2) is 3.37. The van der Waals surface area contributed by atoms with E-state index in [1.165, 1.54) is 7.06 Å². The first-order valence-corrected chi connectivity index (χ1v) is 3.94. The summed E-state index contributed by atoms with van der Waals surface area (Å²) in [6.45, 7) is 2.13. The van der Waals surface area contributed by atoms with Crippen molar-refractivity contribution in [1.29, 1.82) is 0 Å². The smallest absolute Gasteiger partial charge is 0.298 e. The molecule has 11 heavy (non-hydrogen) atoms. The Morgan fingerprint density at radius 2 is 2.36 bits per heavy atom. The molecular weight excluding hydrogens is 136 g/mol. The molecule has 1 aliphatic heterocycles. The molecule has 1 fully saturated rings. The van der Waals surface area contributed by atoms with Gasteiger partial charge in [0, 0.05) is 20.6 Å². The molecule has 2 atom stereocenters. The lowest BCUT2D eigenvalue weighted by molar-refractivity contribution is -0.136. The van der Waals surface area contributed by atoms with Crippen molar-refractivity contribution in [3.8, 4) is 0 Å². The summed E-state index contributed by atoms with van der Waals surface area (Å²) in [5.74, 6) is -0.517. The predicted octanol–water partition coefficient (Wildman–Crippen LogP) is 0.404. The lowest BCUT2D eigenvalue weighted by Gasteiger charge is -2.13. The zero-order valence-electron chi connectivity index (χ0n) is 6.66. The molecule has 1 rings (SSSR count). The highest BCUT2D eigenvalue weighted by Gasteiger charge is 2.38. The maximum Gasteiger partial charge on any atom is 0.298 e. The number of rotatable bonds is 2. The minimum atomic E-state index is -0.707. The van der Waals surface area contributed by atoms with Crippen LogP contribution in [0.2, 0.25) is 11.6 Å². The second-order valence-electron chi connectivity index (χ2n) is 3.27. The van der Waals surface area contributed by atoms with Gasteiger partial charge in [0.2, 0.25) is 0 Å². The molecule has 0 aromatic carbocycles. The molecule has 0 spiro atoms. The number of hydrogen-bond donors (Lipinski definition) is 1. The third kappa shape index (κ3) is 1.63. The molecule has 0 amide bonds. The molecule has 1 heterocycles. The number of carboxylic acid groups (broad SMARTS) is 1. The lowest BCUT2D eigenvalue weighted by Crippen LogP contribution is -2.31. The van der Waals surface area contributed by atoms with Gasteiger partial charge in [-0.25, -0.2) is 0 Å². The molecule has 3 radical (unpaired) electrons. The van der Waals surface area contributed by atoms with Crippen molar-refractivity contribution in [1.82, 2.24) is 0 Å². The normalized spacial score (nSPS) is 30.5. The summed E-state index contributed by atoms with van der Waals surface area (Å²) >= 11 is 0. The molecule has 55 valence electrons. The van der Waals surface area contributed by atoms with Gasteiger partial charge in [0.05, 0.1) is 0 Å². The highest BCUT2D eigenvalue weighted by Crippen LogP contribution is 2.37. The Balaban J connectivity index is 2.61. The molecule has 1 aliphatic rings. The Bertz CT molecular complexity index is 162. The van der Waals surface area contributed by atoms with Gasteiger partial charge in [-0.05, 0) is 6.42 Å². The summed E-state index contributed by atoms with van der Waals surface area (Å²) in [4.78, 5) is 10.6. The molecule has 0 bridgehead atoms. The van der Waals surface area contributed by atoms with Crippen LogP contribution in [-0.2, 0) is 4.79 Å². The Morgan fingerprint density at radius 3 is 2.73 bits per heavy atom. The van der Waals surface area contributed by atoms with Crippen LogP contribution in [0.15, 0.2) is 0 Å². The fourth-order valence-corrected chi connectivity index (χ4v) is 1.84. The lowest BCUT2D eigenvalue weighted by atomic mass is 9.08. The monoisotopic (exact) mass is 147 g/mol. The highest BCUT2D eigenvalue weighted by molar-refractivity contribution is 7.33. The van der Waals surface area contributed by atoms with E-state index in [9.17, 15) is 4.79 Å². The average molecular weight is 147 g/mol. The first kappa shape index (κ1) is 8.76. The second-order valence-corrected chi connectivity index (χ2v) is 3.27. The minimum Gasteiger partial charge on any atom is -0.482 e. The molecule has 5 heteroatoms. The van der Waals surface area contributed by atoms with E-state index in [2.05, 4.69) is 6.92 Å². The largest absolute Gasteiger partial charge is 0.482 e. The van der Waals surface area contributed by atoms with E-state index < -0.39 is 5.97 Å². The van der Waals surface area contributed by atoms with Gasteiger partial charge >= 0.3 is 0 Å². The van der Waals surface area contributed by atoms with E-state index in [1.807, 2.05) is 0 Å². The Morgan fingerprint density at radius 1 is 1.73 bits per heavy atom. The number of carboxylic acids is 1.